The average Bonchev–Trinajstić information content (AvgIpc) is 2.34. The van der Waals surface area contributed by atoms with Crippen LogP contribution in [0.2, 0.25) is 0 Å². The zero-order valence-electron chi connectivity index (χ0n) is 12.2. The fourth-order valence-electron chi connectivity index (χ4n) is 1.18. The summed E-state index contributed by atoms with van der Waals surface area (Å²) >= 11 is 0.810. The van der Waals surface area contributed by atoms with Gasteiger partial charge in [0, 0.05) is 18.2 Å². The molecular formula is C13H21NO5S. The largest absolute Gasteiger partial charge is 0.463 e. The van der Waals surface area contributed by atoms with Crippen molar-refractivity contribution in [3.8, 4) is 0 Å². The minimum absolute atomic E-state index is 0.114. The number of ether oxygens (including phenoxy) is 1. The zero-order chi connectivity index (χ0) is 15.7. The molecule has 0 aromatic rings. The van der Waals surface area contributed by atoms with Crippen molar-refractivity contribution in [1.29, 1.82) is 0 Å². The van der Waals surface area contributed by atoms with E-state index in [4.69, 9.17) is 4.74 Å². The van der Waals surface area contributed by atoms with Gasteiger partial charge in [0.25, 0.3) is 5.12 Å². The molecule has 1 unspecified atom stereocenters. The second-order valence-corrected chi connectivity index (χ2v) is 5.92. The molecule has 0 rings (SSSR count). The number of Topliss-reactive ketones (excluding diaryl/α,β-unsaturated/α-hetero) is 1. The van der Waals surface area contributed by atoms with Gasteiger partial charge in [0.15, 0.2) is 0 Å². The van der Waals surface area contributed by atoms with Crippen LogP contribution in [0.4, 0.5) is 0 Å². The predicted molar refractivity (Wildman–Crippen MR) is 76.2 cm³/mol. The molecule has 6 nitrogen and oxygen atoms in total. The number of carbonyl (C=O) groups is 4. The van der Waals surface area contributed by atoms with Gasteiger partial charge in [-0.15, -0.1) is 0 Å². The first-order valence-corrected chi connectivity index (χ1v) is 7.34. The lowest BCUT2D eigenvalue weighted by Gasteiger charge is -2.11. The summed E-state index contributed by atoms with van der Waals surface area (Å²) in [5.41, 5.74) is 0. The maximum Gasteiger partial charge on any atom is 0.314 e. The van der Waals surface area contributed by atoms with Crippen molar-refractivity contribution in [3.63, 3.8) is 0 Å². The first-order valence-electron chi connectivity index (χ1n) is 6.46. The molecule has 0 aliphatic heterocycles. The summed E-state index contributed by atoms with van der Waals surface area (Å²) in [5.74, 6) is -1.60. The van der Waals surface area contributed by atoms with Crippen molar-refractivity contribution >= 4 is 34.5 Å². The lowest BCUT2D eigenvalue weighted by atomic mass is 10.3. The van der Waals surface area contributed by atoms with E-state index in [1.54, 1.807) is 27.7 Å². The molecule has 0 radical (unpaired) electrons. The number of hydrogen-bond donors (Lipinski definition) is 1. The van der Waals surface area contributed by atoms with Crippen LogP contribution in [0.1, 0.15) is 40.5 Å². The van der Waals surface area contributed by atoms with E-state index in [1.807, 2.05) is 0 Å². The normalized spacial score (nSPS) is 11.8. The van der Waals surface area contributed by atoms with Gasteiger partial charge in [0.05, 0.1) is 6.10 Å². The third-order valence-corrected chi connectivity index (χ3v) is 3.13. The van der Waals surface area contributed by atoms with Gasteiger partial charge in [-0.05, 0) is 13.8 Å². The van der Waals surface area contributed by atoms with Gasteiger partial charge in [0.2, 0.25) is 11.7 Å². The van der Waals surface area contributed by atoms with E-state index in [-0.39, 0.29) is 17.3 Å². The number of esters is 1. The third kappa shape index (κ3) is 8.68. The van der Waals surface area contributed by atoms with Crippen molar-refractivity contribution < 1.29 is 23.9 Å². The molecule has 0 aliphatic rings. The second-order valence-electron chi connectivity index (χ2n) is 4.51. The number of ketones is 1. The molecule has 0 bridgehead atoms. The Bertz CT molecular complexity index is 381. The van der Waals surface area contributed by atoms with Crippen LogP contribution in [-0.4, -0.2) is 40.7 Å². The van der Waals surface area contributed by atoms with Crippen LogP contribution >= 0.6 is 11.8 Å². The highest BCUT2D eigenvalue weighted by Crippen LogP contribution is 2.12. The standard InChI is InChI=1S/C13H21NO5S/c1-5-11(16)14-7-9(4)20-13(18)10(15)6-12(17)19-8(2)3/h8-9H,5-7H2,1-4H3,(H,14,16). The van der Waals surface area contributed by atoms with E-state index in [0.717, 1.165) is 11.8 Å². The molecule has 0 saturated heterocycles. The van der Waals surface area contributed by atoms with E-state index in [9.17, 15) is 19.2 Å². The Balaban J connectivity index is 4.09. The summed E-state index contributed by atoms with van der Waals surface area (Å²) < 4.78 is 4.79. The Morgan fingerprint density at radius 2 is 1.75 bits per heavy atom. The quantitative estimate of drug-likeness (QED) is 0.410. The topological polar surface area (TPSA) is 89.5 Å². The first kappa shape index (κ1) is 18.6. The number of carbonyl (C=O) groups excluding carboxylic acids is 4. The predicted octanol–water partition coefficient (Wildman–Crippen LogP) is 1.07. The summed E-state index contributed by atoms with van der Waals surface area (Å²) in [6.07, 6.45) is -0.496. The van der Waals surface area contributed by atoms with Crippen molar-refractivity contribution in [2.24, 2.45) is 0 Å². The molecule has 1 atom stereocenters. The third-order valence-electron chi connectivity index (χ3n) is 2.12. The highest BCUT2D eigenvalue weighted by Gasteiger charge is 2.22. The van der Waals surface area contributed by atoms with Crippen LogP contribution in [0.25, 0.3) is 0 Å². The van der Waals surface area contributed by atoms with Crippen LogP contribution in [0.3, 0.4) is 0 Å². The van der Waals surface area contributed by atoms with Gasteiger partial charge in [0.1, 0.15) is 6.42 Å². The second kappa shape index (κ2) is 9.52. The van der Waals surface area contributed by atoms with E-state index >= 15 is 0 Å². The lowest BCUT2D eigenvalue weighted by Crippen LogP contribution is -2.30. The number of rotatable bonds is 8. The number of amides is 1. The SMILES string of the molecule is CCC(=O)NCC(C)SC(=O)C(=O)CC(=O)OC(C)C. The van der Waals surface area contributed by atoms with E-state index in [0.29, 0.717) is 13.0 Å². The molecular weight excluding hydrogens is 282 g/mol. The number of hydrogen-bond acceptors (Lipinski definition) is 6. The van der Waals surface area contributed by atoms with Gasteiger partial charge >= 0.3 is 5.97 Å². The van der Waals surface area contributed by atoms with Crippen LogP contribution in [0.5, 0.6) is 0 Å². The van der Waals surface area contributed by atoms with Gasteiger partial charge in [-0.25, -0.2) is 0 Å². The molecule has 7 heteroatoms. The smallest absolute Gasteiger partial charge is 0.314 e. The Morgan fingerprint density at radius 3 is 2.25 bits per heavy atom. The molecule has 0 aromatic heterocycles. The molecule has 1 amide bonds. The minimum Gasteiger partial charge on any atom is -0.463 e. The monoisotopic (exact) mass is 303 g/mol. The first-order chi connectivity index (χ1) is 9.26. The molecule has 0 fully saturated rings. The molecule has 114 valence electrons. The van der Waals surface area contributed by atoms with Gasteiger partial charge in [-0.2, -0.15) is 0 Å². The molecule has 0 aromatic carbocycles. The highest BCUT2D eigenvalue weighted by atomic mass is 32.2. The lowest BCUT2D eigenvalue weighted by molar-refractivity contribution is -0.150. The van der Waals surface area contributed by atoms with Crippen LogP contribution in [0.15, 0.2) is 0 Å². The molecule has 1 N–H and O–H groups in total. The highest BCUT2D eigenvalue weighted by molar-refractivity contribution is 8.15. The fourth-order valence-corrected chi connectivity index (χ4v) is 1.92. The van der Waals surface area contributed by atoms with E-state index in [2.05, 4.69) is 5.32 Å². The van der Waals surface area contributed by atoms with Gasteiger partial charge in [-0.1, -0.05) is 25.6 Å². The fraction of sp³-hybridized carbons (Fsp3) is 0.692. The molecule has 0 saturated carbocycles. The molecule has 0 aliphatic carbocycles. The van der Waals surface area contributed by atoms with Crippen LogP contribution in [-0.2, 0) is 23.9 Å². The zero-order valence-corrected chi connectivity index (χ0v) is 13.0. The van der Waals surface area contributed by atoms with E-state index in [1.165, 1.54) is 0 Å². The van der Waals surface area contributed by atoms with Crippen molar-refractivity contribution in [1.82, 2.24) is 5.32 Å². The summed E-state index contributed by atoms with van der Waals surface area (Å²) in [5, 5.41) is 1.70. The van der Waals surface area contributed by atoms with Crippen molar-refractivity contribution in [2.75, 3.05) is 6.54 Å². The van der Waals surface area contributed by atoms with Crippen LogP contribution < -0.4 is 5.32 Å². The average molecular weight is 303 g/mol. The molecule has 0 spiro atoms. The summed E-state index contributed by atoms with van der Waals surface area (Å²) in [7, 11) is 0. The van der Waals surface area contributed by atoms with Gasteiger partial charge in [-0.3, -0.25) is 19.2 Å². The molecule has 20 heavy (non-hydrogen) atoms. The summed E-state index contributed by atoms with van der Waals surface area (Å²) in [4.78, 5) is 45.4. The minimum atomic E-state index is -0.783. The maximum absolute atomic E-state index is 11.6. The molecule has 0 heterocycles. The summed E-state index contributed by atoms with van der Waals surface area (Å²) in [6.45, 7) is 7.07. The Morgan fingerprint density at radius 1 is 1.15 bits per heavy atom. The van der Waals surface area contributed by atoms with E-state index < -0.39 is 23.3 Å². The van der Waals surface area contributed by atoms with Gasteiger partial charge < -0.3 is 10.1 Å². The maximum atomic E-state index is 11.6. The Kier molecular flexibility index (Phi) is 8.87. The van der Waals surface area contributed by atoms with Crippen molar-refractivity contribution in [2.45, 2.75) is 51.9 Å². The Hall–Kier alpha value is -1.37. The number of nitrogens with one attached hydrogen (secondary N) is 1. The Labute approximate surface area is 123 Å². The van der Waals surface area contributed by atoms with Crippen molar-refractivity contribution in [3.05, 3.63) is 0 Å². The number of thioether (sulfide) groups is 1. The summed E-state index contributed by atoms with van der Waals surface area (Å²) in [6, 6.07) is 0. The van der Waals surface area contributed by atoms with Crippen LogP contribution in [0, 0.1) is 0 Å².